The summed E-state index contributed by atoms with van der Waals surface area (Å²) in [7, 11) is 0. The predicted molar refractivity (Wildman–Crippen MR) is 89.4 cm³/mol. The van der Waals surface area contributed by atoms with Gasteiger partial charge in [0.1, 0.15) is 5.82 Å². The molecule has 0 fully saturated rings. The van der Waals surface area contributed by atoms with E-state index in [1.165, 1.54) is 0 Å². The molecule has 0 spiro atoms. The van der Waals surface area contributed by atoms with Gasteiger partial charge in [0.2, 0.25) is 5.91 Å². The van der Waals surface area contributed by atoms with Crippen molar-refractivity contribution in [2.45, 2.75) is 59.5 Å². The Kier molecular flexibility index (Phi) is 4.59. The first kappa shape index (κ1) is 16.5. The van der Waals surface area contributed by atoms with E-state index < -0.39 is 0 Å². The van der Waals surface area contributed by atoms with Crippen molar-refractivity contribution >= 4 is 5.91 Å². The van der Waals surface area contributed by atoms with Gasteiger partial charge in [0.05, 0.1) is 31.4 Å². The van der Waals surface area contributed by atoms with Crippen molar-refractivity contribution < 1.29 is 4.79 Å². The minimum Gasteiger partial charge on any atom is -0.335 e. The summed E-state index contributed by atoms with van der Waals surface area (Å²) in [5.74, 6) is 1.31. The van der Waals surface area contributed by atoms with Gasteiger partial charge >= 0.3 is 0 Å². The lowest BCUT2D eigenvalue weighted by Gasteiger charge is -2.27. The van der Waals surface area contributed by atoms with Gasteiger partial charge in [0.15, 0.2) is 0 Å². The molecule has 0 N–H and O–H groups in total. The molecular weight excluding hydrogens is 304 g/mol. The SMILES string of the molecule is CCC(C)c1nc(C)c(CC(=O)N2CCn3nncc3C2)c(C)n1. The Morgan fingerprint density at radius 3 is 2.62 bits per heavy atom. The van der Waals surface area contributed by atoms with Crippen molar-refractivity contribution in [2.75, 3.05) is 6.54 Å². The van der Waals surface area contributed by atoms with Gasteiger partial charge in [-0.05, 0) is 20.3 Å². The lowest BCUT2D eigenvalue weighted by Crippen LogP contribution is -2.39. The number of hydrogen-bond donors (Lipinski definition) is 0. The highest BCUT2D eigenvalue weighted by Gasteiger charge is 2.23. The molecule has 1 aliphatic heterocycles. The lowest BCUT2D eigenvalue weighted by molar-refractivity contribution is -0.132. The summed E-state index contributed by atoms with van der Waals surface area (Å²) in [6.07, 6.45) is 3.08. The topological polar surface area (TPSA) is 76.8 Å². The Labute approximate surface area is 142 Å². The van der Waals surface area contributed by atoms with Gasteiger partial charge in [-0.1, -0.05) is 19.1 Å². The van der Waals surface area contributed by atoms with E-state index in [1.54, 1.807) is 6.20 Å². The van der Waals surface area contributed by atoms with E-state index in [9.17, 15) is 4.79 Å². The largest absolute Gasteiger partial charge is 0.335 e. The van der Waals surface area contributed by atoms with E-state index in [-0.39, 0.29) is 5.91 Å². The fourth-order valence-corrected chi connectivity index (χ4v) is 2.98. The van der Waals surface area contributed by atoms with Crippen LogP contribution in [0.5, 0.6) is 0 Å². The van der Waals surface area contributed by atoms with E-state index >= 15 is 0 Å². The summed E-state index contributed by atoms with van der Waals surface area (Å²) < 4.78 is 1.85. The first-order chi connectivity index (χ1) is 11.5. The second-order valence-electron chi connectivity index (χ2n) is 6.48. The predicted octanol–water partition coefficient (Wildman–Crippen LogP) is 1.78. The van der Waals surface area contributed by atoms with Gasteiger partial charge in [-0.2, -0.15) is 0 Å². The average molecular weight is 328 g/mol. The van der Waals surface area contributed by atoms with Crippen LogP contribution in [-0.2, 0) is 24.3 Å². The molecule has 0 aromatic carbocycles. The molecule has 1 atom stereocenters. The fraction of sp³-hybridized carbons (Fsp3) is 0.588. The van der Waals surface area contributed by atoms with Crippen LogP contribution < -0.4 is 0 Å². The van der Waals surface area contributed by atoms with Crippen LogP contribution in [0.15, 0.2) is 6.20 Å². The van der Waals surface area contributed by atoms with Crippen LogP contribution in [0.25, 0.3) is 0 Å². The maximum Gasteiger partial charge on any atom is 0.227 e. The number of nitrogens with zero attached hydrogens (tertiary/aromatic N) is 6. The zero-order chi connectivity index (χ0) is 17.3. The summed E-state index contributed by atoms with van der Waals surface area (Å²) in [5.41, 5.74) is 3.75. The second kappa shape index (κ2) is 6.67. The van der Waals surface area contributed by atoms with E-state index in [0.717, 1.165) is 34.9 Å². The molecule has 0 saturated heterocycles. The molecule has 7 nitrogen and oxygen atoms in total. The van der Waals surface area contributed by atoms with Crippen LogP contribution in [0.3, 0.4) is 0 Å². The third-order valence-electron chi connectivity index (χ3n) is 4.80. The van der Waals surface area contributed by atoms with Crippen LogP contribution in [0, 0.1) is 13.8 Å². The molecule has 1 aliphatic rings. The van der Waals surface area contributed by atoms with Gasteiger partial charge in [0, 0.05) is 29.4 Å². The van der Waals surface area contributed by atoms with Crippen molar-refractivity contribution in [3.8, 4) is 0 Å². The molecule has 7 heteroatoms. The highest BCUT2D eigenvalue weighted by Crippen LogP contribution is 2.20. The minimum absolute atomic E-state index is 0.105. The molecule has 2 aromatic rings. The van der Waals surface area contributed by atoms with E-state index in [0.29, 0.717) is 32.0 Å². The van der Waals surface area contributed by atoms with Crippen molar-refractivity contribution in [1.29, 1.82) is 0 Å². The third-order valence-corrected chi connectivity index (χ3v) is 4.80. The molecular formula is C17H24N6O. The fourth-order valence-electron chi connectivity index (χ4n) is 2.98. The number of carbonyl (C=O) groups is 1. The van der Waals surface area contributed by atoms with Gasteiger partial charge in [-0.3, -0.25) is 4.79 Å². The van der Waals surface area contributed by atoms with Crippen molar-refractivity contribution in [2.24, 2.45) is 0 Å². The zero-order valence-corrected chi connectivity index (χ0v) is 14.8. The van der Waals surface area contributed by atoms with Crippen LogP contribution in [0.2, 0.25) is 0 Å². The van der Waals surface area contributed by atoms with Gasteiger partial charge in [-0.25, -0.2) is 14.6 Å². The summed E-state index contributed by atoms with van der Waals surface area (Å²) in [6, 6.07) is 0. The van der Waals surface area contributed by atoms with Crippen LogP contribution >= 0.6 is 0 Å². The van der Waals surface area contributed by atoms with Crippen LogP contribution in [-0.4, -0.2) is 42.3 Å². The normalized spacial score (nSPS) is 15.2. The van der Waals surface area contributed by atoms with E-state index in [4.69, 9.17) is 0 Å². The van der Waals surface area contributed by atoms with Gasteiger partial charge in [0.25, 0.3) is 0 Å². The van der Waals surface area contributed by atoms with Crippen molar-refractivity contribution in [1.82, 2.24) is 29.9 Å². The highest BCUT2D eigenvalue weighted by molar-refractivity contribution is 5.79. The molecule has 3 heterocycles. The molecule has 0 aliphatic carbocycles. The molecule has 128 valence electrons. The first-order valence-corrected chi connectivity index (χ1v) is 8.48. The summed E-state index contributed by atoms with van der Waals surface area (Å²) in [5, 5.41) is 7.90. The van der Waals surface area contributed by atoms with Gasteiger partial charge < -0.3 is 4.90 Å². The monoisotopic (exact) mass is 328 g/mol. The molecule has 2 aromatic heterocycles. The number of rotatable bonds is 4. The summed E-state index contributed by atoms with van der Waals surface area (Å²) in [4.78, 5) is 23.8. The second-order valence-corrected chi connectivity index (χ2v) is 6.48. The maximum absolute atomic E-state index is 12.7. The summed E-state index contributed by atoms with van der Waals surface area (Å²) >= 11 is 0. The smallest absolute Gasteiger partial charge is 0.227 e. The molecule has 0 saturated carbocycles. The molecule has 3 rings (SSSR count). The third kappa shape index (κ3) is 3.16. The first-order valence-electron chi connectivity index (χ1n) is 8.48. The average Bonchev–Trinajstić information content (AvgIpc) is 3.04. The molecule has 1 amide bonds. The molecule has 24 heavy (non-hydrogen) atoms. The van der Waals surface area contributed by atoms with E-state index in [2.05, 4.69) is 34.1 Å². The van der Waals surface area contributed by atoms with Crippen LogP contribution in [0.1, 0.15) is 54.7 Å². The number of aryl methyl sites for hydroxylation is 2. The molecule has 1 unspecified atom stereocenters. The van der Waals surface area contributed by atoms with Crippen molar-refractivity contribution in [3.63, 3.8) is 0 Å². The van der Waals surface area contributed by atoms with Gasteiger partial charge in [-0.15, -0.1) is 5.10 Å². The molecule has 0 radical (unpaired) electrons. The Morgan fingerprint density at radius 1 is 1.25 bits per heavy atom. The number of aromatic nitrogens is 5. The Balaban J connectivity index is 1.75. The number of carbonyl (C=O) groups excluding carboxylic acids is 1. The summed E-state index contributed by atoms with van der Waals surface area (Å²) in [6.45, 7) is 10.1. The molecule has 0 bridgehead atoms. The Bertz CT molecular complexity index is 730. The minimum atomic E-state index is 0.105. The maximum atomic E-state index is 12.7. The number of hydrogen-bond acceptors (Lipinski definition) is 5. The standard InChI is InChI=1S/C17H24N6O/c1-5-11(2)17-19-12(3)15(13(4)20-17)8-16(24)22-6-7-23-14(10-22)9-18-21-23/h9,11H,5-8,10H2,1-4H3. The number of amides is 1. The quantitative estimate of drug-likeness (QED) is 0.855. The highest BCUT2D eigenvalue weighted by atomic mass is 16.2. The Hall–Kier alpha value is -2.31. The zero-order valence-electron chi connectivity index (χ0n) is 14.8. The van der Waals surface area contributed by atoms with E-state index in [1.807, 2.05) is 23.4 Å². The lowest BCUT2D eigenvalue weighted by atomic mass is 10.0. The Morgan fingerprint density at radius 2 is 1.96 bits per heavy atom. The van der Waals surface area contributed by atoms with Crippen molar-refractivity contribution in [3.05, 3.63) is 34.7 Å². The number of fused-ring (bicyclic) bond motifs is 1. The van der Waals surface area contributed by atoms with Crippen LogP contribution in [0.4, 0.5) is 0 Å².